The van der Waals surface area contributed by atoms with Gasteiger partial charge in [0.05, 0.1) is 6.61 Å². The number of rotatable bonds is 5. The van der Waals surface area contributed by atoms with E-state index in [9.17, 15) is 9.59 Å². The lowest BCUT2D eigenvalue weighted by molar-refractivity contribution is 0.0922. The summed E-state index contributed by atoms with van der Waals surface area (Å²) in [4.78, 5) is 27.2. The number of carbonyl (C=O) groups is 2. The van der Waals surface area contributed by atoms with Gasteiger partial charge in [0.2, 0.25) is 0 Å². The third kappa shape index (κ3) is 3.04. The van der Waals surface area contributed by atoms with Crippen LogP contribution in [0.25, 0.3) is 16.7 Å². The second kappa shape index (κ2) is 6.64. The Morgan fingerprint density at radius 3 is 2.75 bits per heavy atom. The normalized spacial score (nSPS) is 12.1. The number of nitrogens with zero attached hydrogens (tertiary/aromatic N) is 2. The first kappa shape index (κ1) is 15.9. The maximum absolute atomic E-state index is 12.0. The Morgan fingerprint density at radius 2 is 2.08 bits per heavy atom. The van der Waals surface area contributed by atoms with Crippen LogP contribution in [-0.4, -0.2) is 39.5 Å². The molecule has 0 saturated carbocycles. The van der Waals surface area contributed by atoms with Crippen LogP contribution in [0, 0.1) is 0 Å². The summed E-state index contributed by atoms with van der Waals surface area (Å²) in [5, 5.41) is 12.6. The molecule has 1 unspecified atom stereocenters. The number of pyridine rings is 1. The molecule has 122 valence electrons. The number of fused-ring (bicyclic) bond motifs is 1. The van der Waals surface area contributed by atoms with Gasteiger partial charge in [-0.1, -0.05) is 0 Å². The standard InChI is InChI=1S/C18H17N3O3/c1-12(10-22)20-18(24)14-2-4-16(5-3-14)21-7-6-15-8-13(11-23)9-19-17(15)21/h2-9,11-12,22H,10H2,1H3,(H,20,24). The van der Waals surface area contributed by atoms with Gasteiger partial charge in [-0.25, -0.2) is 4.98 Å². The molecule has 0 aliphatic rings. The summed E-state index contributed by atoms with van der Waals surface area (Å²) in [5.74, 6) is -0.228. The van der Waals surface area contributed by atoms with Crippen LogP contribution in [0.5, 0.6) is 0 Å². The van der Waals surface area contributed by atoms with Crippen molar-refractivity contribution in [3.8, 4) is 5.69 Å². The van der Waals surface area contributed by atoms with Crippen LogP contribution < -0.4 is 5.32 Å². The lowest BCUT2D eigenvalue weighted by atomic mass is 10.2. The molecule has 2 aromatic heterocycles. The number of aliphatic hydroxyl groups is 1. The van der Waals surface area contributed by atoms with E-state index in [1.54, 1.807) is 25.1 Å². The monoisotopic (exact) mass is 323 g/mol. The zero-order valence-corrected chi connectivity index (χ0v) is 13.1. The Hall–Kier alpha value is -2.99. The molecular weight excluding hydrogens is 306 g/mol. The Bertz CT molecular complexity index is 884. The average Bonchev–Trinajstić information content (AvgIpc) is 3.04. The molecule has 0 aliphatic heterocycles. The van der Waals surface area contributed by atoms with E-state index in [2.05, 4.69) is 10.3 Å². The maximum atomic E-state index is 12.0. The second-order valence-electron chi connectivity index (χ2n) is 5.59. The van der Waals surface area contributed by atoms with E-state index in [1.165, 1.54) is 6.20 Å². The van der Waals surface area contributed by atoms with E-state index in [-0.39, 0.29) is 18.6 Å². The lowest BCUT2D eigenvalue weighted by Crippen LogP contribution is -2.34. The van der Waals surface area contributed by atoms with E-state index in [0.29, 0.717) is 11.1 Å². The van der Waals surface area contributed by atoms with Gasteiger partial charge in [-0.15, -0.1) is 0 Å². The fourth-order valence-corrected chi connectivity index (χ4v) is 2.44. The van der Waals surface area contributed by atoms with Gasteiger partial charge in [-0.05, 0) is 43.3 Å². The van der Waals surface area contributed by atoms with Crippen LogP contribution in [0.15, 0.2) is 48.8 Å². The van der Waals surface area contributed by atoms with Crippen molar-refractivity contribution in [2.24, 2.45) is 0 Å². The highest BCUT2D eigenvalue weighted by Crippen LogP contribution is 2.19. The Balaban J connectivity index is 1.88. The highest BCUT2D eigenvalue weighted by molar-refractivity contribution is 5.94. The molecule has 1 amide bonds. The van der Waals surface area contributed by atoms with Crippen molar-refractivity contribution in [3.05, 3.63) is 59.9 Å². The molecule has 24 heavy (non-hydrogen) atoms. The fourth-order valence-electron chi connectivity index (χ4n) is 2.44. The zero-order valence-electron chi connectivity index (χ0n) is 13.1. The number of aldehydes is 1. The molecule has 0 aliphatic carbocycles. The fraction of sp³-hybridized carbons (Fsp3) is 0.167. The molecule has 6 heteroatoms. The molecule has 1 aromatic carbocycles. The molecule has 0 fully saturated rings. The van der Waals surface area contributed by atoms with Gasteiger partial charge >= 0.3 is 0 Å². The number of carbonyl (C=O) groups excluding carboxylic acids is 2. The maximum Gasteiger partial charge on any atom is 0.251 e. The summed E-state index contributed by atoms with van der Waals surface area (Å²) in [5.41, 5.74) is 2.66. The average molecular weight is 323 g/mol. The molecule has 0 spiro atoms. The van der Waals surface area contributed by atoms with E-state index in [0.717, 1.165) is 23.0 Å². The highest BCUT2D eigenvalue weighted by atomic mass is 16.3. The largest absolute Gasteiger partial charge is 0.394 e. The number of aliphatic hydroxyl groups excluding tert-OH is 1. The van der Waals surface area contributed by atoms with Crippen molar-refractivity contribution >= 4 is 23.2 Å². The molecule has 0 saturated heterocycles. The van der Waals surface area contributed by atoms with E-state index in [4.69, 9.17) is 5.11 Å². The minimum atomic E-state index is -0.290. The smallest absolute Gasteiger partial charge is 0.251 e. The summed E-state index contributed by atoms with van der Waals surface area (Å²) < 4.78 is 1.89. The van der Waals surface area contributed by atoms with E-state index >= 15 is 0 Å². The number of hydrogen-bond donors (Lipinski definition) is 2. The van der Waals surface area contributed by atoms with Crippen LogP contribution in [0.4, 0.5) is 0 Å². The third-order valence-electron chi connectivity index (χ3n) is 3.74. The van der Waals surface area contributed by atoms with Crippen LogP contribution in [-0.2, 0) is 0 Å². The molecule has 2 heterocycles. The zero-order chi connectivity index (χ0) is 17.1. The third-order valence-corrected chi connectivity index (χ3v) is 3.74. The Kier molecular flexibility index (Phi) is 4.39. The van der Waals surface area contributed by atoms with Crippen molar-refractivity contribution in [1.29, 1.82) is 0 Å². The van der Waals surface area contributed by atoms with Gasteiger partial charge < -0.3 is 15.0 Å². The van der Waals surface area contributed by atoms with Crippen LogP contribution in [0.2, 0.25) is 0 Å². The minimum absolute atomic E-state index is 0.104. The van der Waals surface area contributed by atoms with Gasteiger partial charge in [-0.2, -0.15) is 0 Å². The molecular formula is C18H17N3O3. The summed E-state index contributed by atoms with van der Waals surface area (Å²) in [6.07, 6.45) is 4.17. The Labute approximate surface area is 138 Å². The quantitative estimate of drug-likeness (QED) is 0.703. The van der Waals surface area contributed by atoms with Crippen molar-refractivity contribution in [3.63, 3.8) is 0 Å². The molecule has 6 nitrogen and oxygen atoms in total. The van der Waals surface area contributed by atoms with Gasteiger partial charge in [0.15, 0.2) is 6.29 Å². The van der Waals surface area contributed by atoms with Gasteiger partial charge in [-0.3, -0.25) is 9.59 Å². The summed E-state index contributed by atoms with van der Waals surface area (Å²) in [7, 11) is 0. The molecule has 0 radical (unpaired) electrons. The number of aromatic nitrogens is 2. The molecule has 3 rings (SSSR count). The number of nitrogens with one attached hydrogen (secondary N) is 1. The number of hydrogen-bond acceptors (Lipinski definition) is 4. The minimum Gasteiger partial charge on any atom is -0.394 e. The number of amides is 1. The first-order valence-corrected chi connectivity index (χ1v) is 7.57. The van der Waals surface area contributed by atoms with Gasteiger partial charge in [0.25, 0.3) is 5.91 Å². The lowest BCUT2D eigenvalue weighted by Gasteiger charge is -2.11. The molecule has 3 aromatic rings. The first-order valence-electron chi connectivity index (χ1n) is 7.57. The van der Waals surface area contributed by atoms with Crippen LogP contribution >= 0.6 is 0 Å². The van der Waals surface area contributed by atoms with Crippen molar-refractivity contribution < 1.29 is 14.7 Å². The topological polar surface area (TPSA) is 84.2 Å². The molecule has 0 bridgehead atoms. The van der Waals surface area contributed by atoms with Crippen molar-refractivity contribution in [2.75, 3.05) is 6.61 Å². The first-order chi connectivity index (χ1) is 11.6. The highest BCUT2D eigenvalue weighted by Gasteiger charge is 2.10. The second-order valence-corrected chi connectivity index (χ2v) is 5.59. The van der Waals surface area contributed by atoms with Gasteiger partial charge in [0, 0.05) is 40.6 Å². The van der Waals surface area contributed by atoms with E-state index < -0.39 is 0 Å². The summed E-state index contributed by atoms with van der Waals surface area (Å²) >= 11 is 0. The Morgan fingerprint density at radius 1 is 1.33 bits per heavy atom. The van der Waals surface area contributed by atoms with E-state index in [1.807, 2.05) is 29.0 Å². The summed E-state index contributed by atoms with van der Waals surface area (Å²) in [6, 6.07) is 10.5. The predicted octanol–water partition coefficient (Wildman–Crippen LogP) is 1.95. The van der Waals surface area contributed by atoms with Crippen LogP contribution in [0.1, 0.15) is 27.6 Å². The SMILES string of the molecule is CC(CO)NC(=O)c1ccc(-n2ccc3cc(C=O)cnc32)cc1. The van der Waals surface area contributed by atoms with Crippen molar-refractivity contribution in [1.82, 2.24) is 14.9 Å². The van der Waals surface area contributed by atoms with Gasteiger partial charge in [0.1, 0.15) is 5.65 Å². The predicted molar refractivity (Wildman–Crippen MR) is 90.5 cm³/mol. The van der Waals surface area contributed by atoms with Crippen LogP contribution in [0.3, 0.4) is 0 Å². The van der Waals surface area contributed by atoms with Crippen molar-refractivity contribution in [2.45, 2.75) is 13.0 Å². The summed E-state index contributed by atoms with van der Waals surface area (Å²) in [6.45, 7) is 1.63. The molecule has 1 atom stereocenters. The molecule has 2 N–H and O–H groups in total. The number of benzene rings is 1.